The molecule has 1 aliphatic carbocycles. The summed E-state index contributed by atoms with van der Waals surface area (Å²) in [6, 6.07) is 7.07. The molecule has 1 aromatic carbocycles. The highest BCUT2D eigenvalue weighted by molar-refractivity contribution is 7.18. The smallest absolute Gasteiger partial charge is 0.262 e. The Morgan fingerprint density at radius 3 is 3.00 bits per heavy atom. The van der Waals surface area contributed by atoms with Gasteiger partial charge in [0.05, 0.1) is 17.9 Å². The standard InChI is InChI=1S/C20H19ClN4O2S/c1-12-2-7-15-16(8-12)28-19-18(15)20(27)25(11-22-19)10-17(26)24-23-9-13-3-5-14(21)6-4-13/h3-6,9,11-12H,2,7-8,10H2,1H3,(H,24,26)/b23-9+. The van der Waals surface area contributed by atoms with Gasteiger partial charge in [0.25, 0.3) is 11.5 Å². The minimum absolute atomic E-state index is 0.124. The lowest BCUT2D eigenvalue weighted by atomic mass is 9.89. The van der Waals surface area contributed by atoms with E-state index in [0.717, 1.165) is 35.2 Å². The number of hydrazone groups is 1. The van der Waals surface area contributed by atoms with Gasteiger partial charge in [-0.1, -0.05) is 30.7 Å². The predicted octanol–water partition coefficient (Wildman–Crippen LogP) is 3.39. The minimum Gasteiger partial charge on any atom is -0.289 e. The van der Waals surface area contributed by atoms with Gasteiger partial charge in [-0.2, -0.15) is 5.10 Å². The second kappa shape index (κ2) is 7.85. The van der Waals surface area contributed by atoms with E-state index < -0.39 is 0 Å². The number of aromatic nitrogens is 2. The third-order valence-electron chi connectivity index (χ3n) is 4.87. The molecule has 3 aromatic rings. The van der Waals surface area contributed by atoms with Crippen molar-refractivity contribution in [1.29, 1.82) is 0 Å². The van der Waals surface area contributed by atoms with Gasteiger partial charge in [0.1, 0.15) is 11.4 Å². The van der Waals surface area contributed by atoms with Crippen molar-refractivity contribution in [2.24, 2.45) is 11.0 Å². The number of nitrogens with zero attached hydrogens (tertiary/aromatic N) is 3. The number of carbonyl (C=O) groups excluding carboxylic acids is 1. The van der Waals surface area contributed by atoms with Crippen molar-refractivity contribution in [3.05, 3.63) is 62.0 Å². The van der Waals surface area contributed by atoms with Crippen molar-refractivity contribution in [2.45, 2.75) is 32.7 Å². The normalized spacial score (nSPS) is 16.4. The summed E-state index contributed by atoms with van der Waals surface area (Å²) in [5.74, 6) is 0.248. The molecule has 0 fully saturated rings. The number of halogens is 1. The van der Waals surface area contributed by atoms with Gasteiger partial charge in [0, 0.05) is 9.90 Å². The number of carbonyl (C=O) groups is 1. The molecule has 144 valence electrons. The van der Waals surface area contributed by atoms with E-state index >= 15 is 0 Å². The molecule has 1 amide bonds. The van der Waals surface area contributed by atoms with E-state index in [1.165, 1.54) is 22.0 Å². The number of rotatable bonds is 4. The van der Waals surface area contributed by atoms with Gasteiger partial charge in [0.2, 0.25) is 0 Å². The van der Waals surface area contributed by atoms with Crippen LogP contribution in [0.2, 0.25) is 5.02 Å². The van der Waals surface area contributed by atoms with Crippen molar-refractivity contribution >= 4 is 45.3 Å². The van der Waals surface area contributed by atoms with E-state index in [2.05, 4.69) is 22.4 Å². The second-order valence-electron chi connectivity index (χ2n) is 7.05. The Kier molecular flexibility index (Phi) is 5.28. The molecule has 6 nitrogen and oxygen atoms in total. The molecule has 0 aliphatic heterocycles. The highest BCUT2D eigenvalue weighted by Crippen LogP contribution is 2.35. The molecular formula is C20H19ClN4O2S. The first-order chi connectivity index (χ1) is 13.5. The first kappa shape index (κ1) is 18.8. The summed E-state index contributed by atoms with van der Waals surface area (Å²) >= 11 is 7.43. The van der Waals surface area contributed by atoms with Crippen LogP contribution in [-0.4, -0.2) is 21.7 Å². The molecule has 28 heavy (non-hydrogen) atoms. The maximum Gasteiger partial charge on any atom is 0.262 e. The van der Waals surface area contributed by atoms with E-state index in [1.807, 2.05) is 0 Å². The maximum atomic E-state index is 12.9. The molecule has 0 spiro atoms. The van der Waals surface area contributed by atoms with E-state index in [9.17, 15) is 9.59 Å². The summed E-state index contributed by atoms with van der Waals surface area (Å²) in [6.07, 6.45) is 5.94. The summed E-state index contributed by atoms with van der Waals surface area (Å²) in [7, 11) is 0. The first-order valence-electron chi connectivity index (χ1n) is 9.08. The quantitative estimate of drug-likeness (QED) is 0.525. The number of thiophene rings is 1. The first-order valence-corrected chi connectivity index (χ1v) is 10.3. The second-order valence-corrected chi connectivity index (χ2v) is 8.57. The largest absolute Gasteiger partial charge is 0.289 e. The Bertz CT molecular complexity index is 1120. The lowest BCUT2D eigenvalue weighted by molar-refractivity contribution is -0.121. The average Bonchev–Trinajstić information content (AvgIpc) is 3.04. The maximum absolute atomic E-state index is 12.9. The Morgan fingerprint density at radius 2 is 2.21 bits per heavy atom. The van der Waals surface area contributed by atoms with Crippen LogP contribution >= 0.6 is 22.9 Å². The number of nitrogens with one attached hydrogen (secondary N) is 1. The Morgan fingerprint density at radius 1 is 1.43 bits per heavy atom. The Hall–Kier alpha value is -2.51. The molecular weight excluding hydrogens is 396 g/mol. The van der Waals surface area contributed by atoms with Crippen molar-refractivity contribution in [3.8, 4) is 0 Å². The molecule has 1 unspecified atom stereocenters. The van der Waals surface area contributed by atoms with Gasteiger partial charge < -0.3 is 0 Å². The fourth-order valence-corrected chi connectivity index (χ4v) is 4.86. The molecule has 2 heterocycles. The summed E-state index contributed by atoms with van der Waals surface area (Å²) in [4.78, 5) is 31.5. The van der Waals surface area contributed by atoms with E-state index in [1.54, 1.807) is 35.6 Å². The fraction of sp³-hybridized carbons (Fsp3) is 0.300. The number of fused-ring (bicyclic) bond motifs is 3. The van der Waals surface area contributed by atoms with Gasteiger partial charge in [0.15, 0.2) is 0 Å². The molecule has 1 aliphatic rings. The van der Waals surface area contributed by atoms with E-state index in [0.29, 0.717) is 16.3 Å². The van der Waals surface area contributed by atoms with Crippen LogP contribution in [0.1, 0.15) is 29.3 Å². The molecule has 1 atom stereocenters. The van der Waals surface area contributed by atoms with Crippen molar-refractivity contribution in [3.63, 3.8) is 0 Å². The van der Waals surface area contributed by atoms with Crippen LogP contribution in [-0.2, 0) is 24.2 Å². The zero-order valence-corrected chi connectivity index (χ0v) is 16.9. The Labute approximate surface area is 170 Å². The van der Waals surface area contributed by atoms with Crippen LogP contribution < -0.4 is 11.0 Å². The molecule has 8 heteroatoms. The molecule has 4 rings (SSSR count). The minimum atomic E-state index is -0.383. The number of amides is 1. The summed E-state index contributed by atoms with van der Waals surface area (Å²) in [5, 5.41) is 5.23. The zero-order chi connectivity index (χ0) is 19.7. The molecule has 0 bridgehead atoms. The summed E-state index contributed by atoms with van der Waals surface area (Å²) < 4.78 is 1.35. The van der Waals surface area contributed by atoms with E-state index in [4.69, 9.17) is 11.6 Å². The monoisotopic (exact) mass is 414 g/mol. The van der Waals surface area contributed by atoms with Crippen LogP contribution in [0.15, 0.2) is 40.5 Å². The van der Waals surface area contributed by atoms with Crippen LogP contribution in [0.5, 0.6) is 0 Å². The van der Waals surface area contributed by atoms with Gasteiger partial charge in [-0.3, -0.25) is 14.2 Å². The fourth-order valence-electron chi connectivity index (χ4n) is 3.40. The van der Waals surface area contributed by atoms with E-state index in [-0.39, 0.29) is 18.0 Å². The number of aryl methyl sites for hydroxylation is 1. The highest BCUT2D eigenvalue weighted by atomic mass is 35.5. The average molecular weight is 415 g/mol. The number of hydrogen-bond donors (Lipinski definition) is 1. The third kappa shape index (κ3) is 3.86. The van der Waals surface area contributed by atoms with Crippen molar-refractivity contribution in [1.82, 2.24) is 15.0 Å². The van der Waals surface area contributed by atoms with Gasteiger partial charge in [-0.15, -0.1) is 11.3 Å². The van der Waals surface area contributed by atoms with Crippen LogP contribution in [0, 0.1) is 5.92 Å². The molecule has 1 N–H and O–H groups in total. The number of benzene rings is 1. The van der Waals surface area contributed by atoms with Gasteiger partial charge in [-0.25, -0.2) is 10.4 Å². The van der Waals surface area contributed by atoms with Gasteiger partial charge >= 0.3 is 0 Å². The summed E-state index contributed by atoms with van der Waals surface area (Å²) in [5.41, 5.74) is 4.21. The molecule has 0 radical (unpaired) electrons. The van der Waals surface area contributed by atoms with Crippen LogP contribution in [0.25, 0.3) is 10.2 Å². The van der Waals surface area contributed by atoms with Crippen LogP contribution in [0.3, 0.4) is 0 Å². The zero-order valence-electron chi connectivity index (χ0n) is 15.3. The SMILES string of the molecule is CC1CCc2c(sc3ncn(CC(=O)N/N=C/c4ccc(Cl)cc4)c(=O)c23)C1. The van der Waals surface area contributed by atoms with Crippen LogP contribution in [0.4, 0.5) is 0 Å². The molecule has 0 saturated carbocycles. The third-order valence-corrected chi connectivity index (χ3v) is 6.28. The molecule has 0 saturated heterocycles. The lowest BCUT2D eigenvalue weighted by Gasteiger charge is -2.17. The van der Waals surface area contributed by atoms with Gasteiger partial charge in [-0.05, 0) is 48.4 Å². The van der Waals surface area contributed by atoms with Crippen molar-refractivity contribution < 1.29 is 4.79 Å². The summed E-state index contributed by atoms with van der Waals surface area (Å²) in [6.45, 7) is 2.11. The highest BCUT2D eigenvalue weighted by Gasteiger charge is 2.23. The topological polar surface area (TPSA) is 76.3 Å². The van der Waals surface area contributed by atoms with Crippen molar-refractivity contribution in [2.75, 3.05) is 0 Å². The molecule has 2 aromatic heterocycles. The predicted molar refractivity (Wildman–Crippen MR) is 112 cm³/mol. The Balaban J connectivity index is 1.50. The lowest BCUT2D eigenvalue weighted by Crippen LogP contribution is -2.30. The number of hydrogen-bond acceptors (Lipinski definition) is 5.